The summed E-state index contributed by atoms with van der Waals surface area (Å²) in [7, 11) is 0. The van der Waals surface area contributed by atoms with Gasteiger partial charge in [-0.2, -0.15) is 14.7 Å². The summed E-state index contributed by atoms with van der Waals surface area (Å²) in [6.45, 7) is 5.95. The number of hydrogen-bond donors (Lipinski definition) is 3. The highest BCUT2D eigenvalue weighted by atomic mass is 16.2. The SMILES string of the molecule is CCC(CCc1nc2c(-c3ccc(NC4CC4)nc3)cnn2c(N)c1C(C)=O)N(CC)C(=O)c1ncn[nH]1. The second kappa shape index (κ2) is 10.6. The summed E-state index contributed by atoms with van der Waals surface area (Å²) in [4.78, 5) is 40.8. The van der Waals surface area contributed by atoms with Crippen LogP contribution in [0.5, 0.6) is 0 Å². The summed E-state index contributed by atoms with van der Waals surface area (Å²) < 4.78 is 1.51. The van der Waals surface area contributed by atoms with Crippen LogP contribution < -0.4 is 11.1 Å². The zero-order valence-electron chi connectivity index (χ0n) is 21.8. The first-order chi connectivity index (χ1) is 18.4. The normalized spacial score (nSPS) is 14.0. The highest BCUT2D eigenvalue weighted by Crippen LogP contribution is 2.30. The number of carbonyl (C=O) groups is 2. The Hall–Kier alpha value is -4.35. The van der Waals surface area contributed by atoms with Crippen molar-refractivity contribution in [3.63, 3.8) is 0 Å². The van der Waals surface area contributed by atoms with Crippen LogP contribution in [-0.4, -0.2) is 70.0 Å². The van der Waals surface area contributed by atoms with Crippen LogP contribution in [-0.2, 0) is 6.42 Å². The van der Waals surface area contributed by atoms with E-state index < -0.39 is 0 Å². The van der Waals surface area contributed by atoms with Crippen LogP contribution in [0.25, 0.3) is 16.8 Å². The lowest BCUT2D eigenvalue weighted by atomic mass is 10.0. The first kappa shape index (κ1) is 25.3. The van der Waals surface area contributed by atoms with Gasteiger partial charge < -0.3 is 16.0 Å². The molecule has 1 fully saturated rings. The van der Waals surface area contributed by atoms with E-state index in [1.807, 2.05) is 26.0 Å². The highest BCUT2D eigenvalue weighted by molar-refractivity contribution is 6.00. The number of fused-ring (bicyclic) bond motifs is 1. The lowest BCUT2D eigenvalue weighted by Crippen LogP contribution is -2.40. The molecule has 12 nitrogen and oxygen atoms in total. The molecule has 4 heterocycles. The van der Waals surface area contributed by atoms with Gasteiger partial charge in [-0.1, -0.05) is 6.92 Å². The van der Waals surface area contributed by atoms with Crippen molar-refractivity contribution in [3.05, 3.63) is 47.9 Å². The van der Waals surface area contributed by atoms with Crippen molar-refractivity contribution in [2.75, 3.05) is 17.6 Å². The van der Waals surface area contributed by atoms with Gasteiger partial charge in [0.25, 0.3) is 5.91 Å². The third-order valence-corrected chi connectivity index (χ3v) is 6.96. The van der Waals surface area contributed by atoms with Crippen molar-refractivity contribution in [1.29, 1.82) is 0 Å². The fourth-order valence-corrected chi connectivity index (χ4v) is 4.80. The van der Waals surface area contributed by atoms with Gasteiger partial charge in [0.1, 0.15) is 18.0 Å². The minimum absolute atomic E-state index is 0.0863. The Balaban J connectivity index is 1.45. The Morgan fingerprint density at radius 1 is 1.24 bits per heavy atom. The van der Waals surface area contributed by atoms with Crippen molar-refractivity contribution in [2.45, 2.75) is 65.0 Å². The Bertz CT molecular complexity index is 1440. The average Bonchev–Trinajstić information content (AvgIpc) is 3.37. The number of pyridine rings is 1. The van der Waals surface area contributed by atoms with Crippen LogP contribution in [0.15, 0.2) is 30.9 Å². The standard InChI is InChI=1S/C26H32N10O2/c1-4-18(35(5-2)26(38)24-29-14-30-34-24)9-10-20-22(15(3)37)23(27)36-25(33-20)19(13-31-36)16-6-11-21(28-12-16)32-17-7-8-17/h6,11-14,17-18H,4-5,7-10,27H2,1-3H3,(H,28,32)(H,29,30,34). The summed E-state index contributed by atoms with van der Waals surface area (Å²) in [6, 6.07) is 4.35. The van der Waals surface area contributed by atoms with E-state index in [1.54, 1.807) is 17.3 Å². The Labute approximate surface area is 220 Å². The Kier molecular flexibility index (Phi) is 7.03. The van der Waals surface area contributed by atoms with Crippen molar-refractivity contribution < 1.29 is 9.59 Å². The van der Waals surface area contributed by atoms with E-state index in [0.29, 0.717) is 42.3 Å². The fourth-order valence-electron chi connectivity index (χ4n) is 4.80. The number of anilines is 2. The van der Waals surface area contributed by atoms with Gasteiger partial charge in [0, 0.05) is 36.0 Å². The van der Waals surface area contributed by atoms with Crippen molar-refractivity contribution in [2.24, 2.45) is 0 Å². The van der Waals surface area contributed by atoms with Gasteiger partial charge in [0.05, 0.1) is 17.5 Å². The summed E-state index contributed by atoms with van der Waals surface area (Å²) in [5, 5.41) is 14.3. The summed E-state index contributed by atoms with van der Waals surface area (Å²) in [5.74, 6) is 0.901. The monoisotopic (exact) mass is 516 g/mol. The summed E-state index contributed by atoms with van der Waals surface area (Å²) in [6.07, 6.45) is 8.93. The van der Waals surface area contributed by atoms with E-state index in [2.05, 4.69) is 30.6 Å². The molecule has 1 aliphatic rings. The van der Waals surface area contributed by atoms with Crippen LogP contribution in [0, 0.1) is 0 Å². The number of aryl methyl sites for hydroxylation is 1. The quantitative estimate of drug-likeness (QED) is 0.254. The fraction of sp³-hybridized carbons (Fsp3) is 0.423. The van der Waals surface area contributed by atoms with E-state index >= 15 is 0 Å². The predicted molar refractivity (Wildman–Crippen MR) is 143 cm³/mol. The van der Waals surface area contributed by atoms with Gasteiger partial charge in [0.2, 0.25) is 5.82 Å². The van der Waals surface area contributed by atoms with Crippen molar-refractivity contribution in [1.82, 2.24) is 39.7 Å². The predicted octanol–water partition coefficient (Wildman–Crippen LogP) is 3.14. The van der Waals surface area contributed by atoms with Gasteiger partial charge in [-0.05, 0) is 58.1 Å². The number of nitrogens with zero attached hydrogens (tertiary/aromatic N) is 7. The van der Waals surface area contributed by atoms with E-state index in [0.717, 1.165) is 23.4 Å². The molecule has 0 saturated heterocycles. The average molecular weight is 517 g/mol. The third kappa shape index (κ3) is 4.93. The number of amides is 1. The molecule has 4 aromatic rings. The van der Waals surface area contributed by atoms with Gasteiger partial charge in [-0.3, -0.25) is 14.7 Å². The van der Waals surface area contributed by atoms with Crippen LogP contribution in [0.4, 0.5) is 11.6 Å². The van der Waals surface area contributed by atoms with E-state index in [1.165, 1.54) is 30.6 Å². The lowest BCUT2D eigenvalue weighted by molar-refractivity contribution is 0.0662. The molecule has 4 aromatic heterocycles. The third-order valence-electron chi connectivity index (χ3n) is 6.96. The number of Topliss-reactive ketones (excluding diaryl/α,β-unsaturated/α-hetero) is 1. The maximum absolute atomic E-state index is 13.0. The van der Waals surface area contributed by atoms with Crippen LogP contribution in [0.2, 0.25) is 0 Å². The number of carbonyl (C=O) groups excluding carboxylic acids is 2. The number of nitrogens with two attached hydrogens (primary N) is 1. The zero-order chi connectivity index (χ0) is 26.8. The van der Waals surface area contributed by atoms with Crippen LogP contribution in [0.3, 0.4) is 0 Å². The van der Waals surface area contributed by atoms with E-state index in [9.17, 15) is 9.59 Å². The minimum atomic E-state index is -0.211. The second-order valence-corrected chi connectivity index (χ2v) is 9.55. The molecule has 1 atom stereocenters. The number of ketones is 1. The number of rotatable bonds is 11. The first-order valence-corrected chi connectivity index (χ1v) is 13.0. The van der Waals surface area contributed by atoms with Gasteiger partial charge >= 0.3 is 0 Å². The van der Waals surface area contributed by atoms with Crippen LogP contribution >= 0.6 is 0 Å². The molecule has 1 unspecified atom stereocenters. The molecule has 0 aliphatic heterocycles. The molecule has 1 amide bonds. The van der Waals surface area contributed by atoms with Crippen molar-refractivity contribution in [3.8, 4) is 11.1 Å². The first-order valence-electron chi connectivity index (χ1n) is 13.0. The molecular formula is C26H32N10O2. The number of nitrogen functional groups attached to an aromatic ring is 1. The molecule has 0 radical (unpaired) electrons. The van der Waals surface area contributed by atoms with Gasteiger partial charge in [-0.25, -0.2) is 15.0 Å². The maximum atomic E-state index is 13.0. The molecule has 5 rings (SSSR count). The number of aromatic amines is 1. The maximum Gasteiger partial charge on any atom is 0.291 e. The van der Waals surface area contributed by atoms with Gasteiger partial charge in [-0.15, -0.1) is 0 Å². The molecule has 1 aliphatic carbocycles. The Morgan fingerprint density at radius 3 is 2.66 bits per heavy atom. The van der Waals surface area contributed by atoms with Crippen LogP contribution in [0.1, 0.15) is 73.1 Å². The second-order valence-electron chi connectivity index (χ2n) is 9.55. The summed E-state index contributed by atoms with van der Waals surface area (Å²) >= 11 is 0. The molecule has 0 spiro atoms. The topological polar surface area (TPSA) is 160 Å². The molecule has 4 N–H and O–H groups in total. The number of aromatic nitrogens is 7. The molecule has 0 bridgehead atoms. The minimum Gasteiger partial charge on any atom is -0.383 e. The number of hydrogen-bond acceptors (Lipinski definition) is 9. The largest absolute Gasteiger partial charge is 0.383 e. The number of nitrogens with one attached hydrogen (secondary N) is 2. The lowest BCUT2D eigenvalue weighted by Gasteiger charge is -2.29. The van der Waals surface area contributed by atoms with E-state index in [4.69, 9.17) is 10.7 Å². The zero-order valence-corrected chi connectivity index (χ0v) is 21.8. The van der Waals surface area contributed by atoms with Crippen molar-refractivity contribution >= 4 is 29.0 Å². The van der Waals surface area contributed by atoms with E-state index in [-0.39, 0.29) is 29.4 Å². The number of H-pyrrole nitrogens is 1. The summed E-state index contributed by atoms with van der Waals surface area (Å²) in [5.41, 5.74) is 9.61. The molecule has 198 valence electrons. The molecule has 12 heteroatoms. The molecule has 1 saturated carbocycles. The van der Waals surface area contributed by atoms with Gasteiger partial charge in [0.15, 0.2) is 11.4 Å². The smallest absolute Gasteiger partial charge is 0.291 e. The highest BCUT2D eigenvalue weighted by Gasteiger charge is 2.26. The Morgan fingerprint density at radius 2 is 2.05 bits per heavy atom. The molecule has 0 aromatic carbocycles. The molecule has 38 heavy (non-hydrogen) atoms. The molecular weight excluding hydrogens is 484 g/mol.